The Morgan fingerprint density at radius 3 is 2.96 bits per heavy atom. The van der Waals surface area contributed by atoms with Gasteiger partial charge in [0.15, 0.2) is 0 Å². The summed E-state index contributed by atoms with van der Waals surface area (Å²) < 4.78 is 6.19. The molecule has 27 heavy (non-hydrogen) atoms. The predicted octanol–water partition coefficient (Wildman–Crippen LogP) is 1.50. The monoisotopic (exact) mass is 372 g/mol. The molecule has 146 valence electrons. The SMILES string of the molecule is Cc1cc(CN(C)C(=O)[C@H]2[C@@H]3C=C[C@@]4(CN(CCC(C)C)C(=O)[C@@H]24)O3)n[nH]1. The van der Waals surface area contributed by atoms with E-state index >= 15 is 0 Å². The van der Waals surface area contributed by atoms with Crippen LogP contribution in [0.2, 0.25) is 0 Å². The second-order valence-electron chi connectivity index (χ2n) is 8.58. The van der Waals surface area contributed by atoms with Gasteiger partial charge in [0, 0.05) is 19.3 Å². The first kappa shape index (κ1) is 18.2. The van der Waals surface area contributed by atoms with Crippen molar-refractivity contribution in [2.75, 3.05) is 20.1 Å². The van der Waals surface area contributed by atoms with Crippen molar-refractivity contribution in [2.45, 2.75) is 45.4 Å². The largest absolute Gasteiger partial charge is 0.360 e. The van der Waals surface area contributed by atoms with Crippen LogP contribution in [-0.2, 0) is 20.9 Å². The van der Waals surface area contributed by atoms with Crippen LogP contribution < -0.4 is 0 Å². The molecule has 2 bridgehead atoms. The Hall–Kier alpha value is -2.15. The molecular formula is C20H28N4O3. The molecule has 0 unspecified atom stereocenters. The second kappa shape index (κ2) is 6.48. The van der Waals surface area contributed by atoms with Gasteiger partial charge >= 0.3 is 0 Å². The number of aromatic amines is 1. The zero-order valence-corrected chi connectivity index (χ0v) is 16.4. The standard InChI is InChI=1S/C20H28N4O3/c1-12(2)6-8-24-11-20-7-5-15(27-20)16(17(20)19(24)26)18(25)23(4)10-14-9-13(3)21-22-14/h5,7,9,12,15-17H,6,8,10-11H2,1-4H3,(H,21,22)/t15-,16-,17+,20-/m0/s1. The lowest BCUT2D eigenvalue weighted by atomic mass is 9.76. The Morgan fingerprint density at radius 2 is 2.30 bits per heavy atom. The second-order valence-corrected chi connectivity index (χ2v) is 8.58. The number of aromatic nitrogens is 2. The molecule has 2 fully saturated rings. The maximum atomic E-state index is 13.2. The van der Waals surface area contributed by atoms with Crippen molar-refractivity contribution in [1.29, 1.82) is 0 Å². The summed E-state index contributed by atoms with van der Waals surface area (Å²) in [6.45, 7) is 7.93. The van der Waals surface area contributed by atoms with Crippen molar-refractivity contribution in [2.24, 2.45) is 17.8 Å². The third-order valence-corrected chi connectivity index (χ3v) is 5.97. The molecule has 0 radical (unpaired) electrons. The molecule has 3 aliphatic heterocycles. The van der Waals surface area contributed by atoms with E-state index in [0.717, 1.165) is 24.4 Å². The van der Waals surface area contributed by atoms with Crippen LogP contribution in [-0.4, -0.2) is 63.7 Å². The van der Waals surface area contributed by atoms with Gasteiger partial charge in [-0.15, -0.1) is 0 Å². The highest BCUT2D eigenvalue weighted by Crippen LogP contribution is 2.52. The van der Waals surface area contributed by atoms with Crippen molar-refractivity contribution in [3.05, 3.63) is 29.6 Å². The van der Waals surface area contributed by atoms with Gasteiger partial charge in [0.25, 0.3) is 0 Å². The number of ether oxygens (including phenoxy) is 1. The first-order chi connectivity index (χ1) is 12.8. The van der Waals surface area contributed by atoms with Crippen molar-refractivity contribution >= 4 is 11.8 Å². The molecule has 2 amide bonds. The van der Waals surface area contributed by atoms with Crippen LogP contribution >= 0.6 is 0 Å². The van der Waals surface area contributed by atoms with Crippen LogP contribution in [0.15, 0.2) is 18.2 Å². The Balaban J connectivity index is 1.51. The van der Waals surface area contributed by atoms with Gasteiger partial charge in [0.1, 0.15) is 5.60 Å². The van der Waals surface area contributed by atoms with Crippen LogP contribution in [0.5, 0.6) is 0 Å². The van der Waals surface area contributed by atoms with E-state index < -0.39 is 17.4 Å². The van der Waals surface area contributed by atoms with Crippen LogP contribution in [0.1, 0.15) is 31.7 Å². The minimum atomic E-state index is -0.622. The van der Waals surface area contributed by atoms with Gasteiger partial charge in [-0.2, -0.15) is 5.10 Å². The first-order valence-corrected chi connectivity index (χ1v) is 9.72. The van der Waals surface area contributed by atoms with E-state index in [2.05, 4.69) is 24.0 Å². The molecule has 1 spiro atoms. The van der Waals surface area contributed by atoms with Crippen LogP contribution in [0.3, 0.4) is 0 Å². The van der Waals surface area contributed by atoms with E-state index in [0.29, 0.717) is 19.0 Å². The van der Waals surface area contributed by atoms with Crippen LogP contribution in [0, 0.1) is 24.7 Å². The summed E-state index contributed by atoms with van der Waals surface area (Å²) in [7, 11) is 1.77. The zero-order chi connectivity index (χ0) is 19.3. The van der Waals surface area contributed by atoms with Crippen LogP contribution in [0.25, 0.3) is 0 Å². The maximum Gasteiger partial charge on any atom is 0.230 e. The molecule has 1 N–H and O–H groups in total. The fourth-order valence-corrected chi connectivity index (χ4v) is 4.59. The topological polar surface area (TPSA) is 78.5 Å². The number of hydrogen-bond acceptors (Lipinski definition) is 4. The minimum absolute atomic E-state index is 0.0454. The van der Waals surface area contributed by atoms with Gasteiger partial charge in [-0.05, 0) is 25.3 Å². The molecule has 4 rings (SSSR count). The molecule has 0 aliphatic carbocycles. The smallest absolute Gasteiger partial charge is 0.230 e. The highest BCUT2D eigenvalue weighted by molar-refractivity contribution is 5.93. The van der Waals surface area contributed by atoms with Crippen molar-refractivity contribution in [3.63, 3.8) is 0 Å². The number of rotatable bonds is 6. The lowest BCUT2D eigenvalue weighted by Gasteiger charge is -2.27. The molecule has 4 atom stereocenters. The third-order valence-electron chi connectivity index (χ3n) is 5.97. The highest BCUT2D eigenvalue weighted by Gasteiger charge is 2.66. The molecule has 0 aromatic carbocycles. The van der Waals surface area contributed by atoms with Gasteiger partial charge < -0.3 is 14.5 Å². The summed E-state index contributed by atoms with van der Waals surface area (Å²) in [6, 6.07) is 1.93. The quantitative estimate of drug-likeness (QED) is 0.768. The van der Waals surface area contributed by atoms with Gasteiger partial charge in [-0.3, -0.25) is 14.7 Å². The number of carbonyl (C=O) groups excluding carboxylic acids is 2. The summed E-state index contributed by atoms with van der Waals surface area (Å²) in [5, 5.41) is 7.10. The fourth-order valence-electron chi connectivity index (χ4n) is 4.59. The number of carbonyl (C=O) groups is 2. The summed E-state index contributed by atoms with van der Waals surface area (Å²) in [6.07, 6.45) is 4.63. The lowest BCUT2D eigenvalue weighted by Crippen LogP contribution is -2.44. The number of hydrogen-bond donors (Lipinski definition) is 1. The Labute approximate surface area is 159 Å². The molecule has 7 nitrogen and oxygen atoms in total. The Kier molecular flexibility index (Phi) is 4.37. The van der Waals surface area contributed by atoms with Crippen molar-refractivity contribution in [1.82, 2.24) is 20.0 Å². The zero-order valence-electron chi connectivity index (χ0n) is 16.4. The summed E-state index contributed by atoms with van der Waals surface area (Å²) in [5.74, 6) is -0.308. The molecule has 4 heterocycles. The van der Waals surface area contributed by atoms with E-state index in [1.165, 1.54) is 0 Å². The number of H-pyrrole nitrogens is 1. The van der Waals surface area contributed by atoms with E-state index in [1.54, 1.807) is 11.9 Å². The Morgan fingerprint density at radius 1 is 1.52 bits per heavy atom. The van der Waals surface area contributed by atoms with Crippen LogP contribution in [0.4, 0.5) is 0 Å². The number of nitrogens with zero attached hydrogens (tertiary/aromatic N) is 3. The molecule has 3 aliphatic rings. The first-order valence-electron chi connectivity index (χ1n) is 9.72. The van der Waals surface area contributed by atoms with Gasteiger partial charge in [0.05, 0.1) is 36.7 Å². The normalized spacial score (nSPS) is 31.2. The number of nitrogens with one attached hydrogen (secondary N) is 1. The average Bonchev–Trinajstić information content (AvgIpc) is 3.34. The number of fused-ring (bicyclic) bond motifs is 1. The number of likely N-dealkylation sites (tertiary alicyclic amines) is 1. The maximum absolute atomic E-state index is 13.2. The van der Waals surface area contributed by atoms with Gasteiger partial charge in [-0.25, -0.2) is 0 Å². The van der Waals surface area contributed by atoms with Crippen molar-refractivity contribution in [3.8, 4) is 0 Å². The van der Waals surface area contributed by atoms with Gasteiger partial charge in [-0.1, -0.05) is 26.0 Å². The van der Waals surface area contributed by atoms with E-state index in [1.807, 2.05) is 30.0 Å². The minimum Gasteiger partial charge on any atom is -0.360 e. The fraction of sp³-hybridized carbons (Fsp3) is 0.650. The highest BCUT2D eigenvalue weighted by atomic mass is 16.5. The molecule has 7 heteroatoms. The summed E-state index contributed by atoms with van der Waals surface area (Å²) in [4.78, 5) is 29.9. The number of aryl methyl sites for hydroxylation is 1. The predicted molar refractivity (Wildman–Crippen MR) is 99.6 cm³/mol. The summed E-state index contributed by atoms with van der Waals surface area (Å²) >= 11 is 0. The Bertz CT molecular complexity index is 786. The molecule has 0 saturated carbocycles. The van der Waals surface area contributed by atoms with E-state index in [4.69, 9.17) is 4.74 Å². The molecule has 1 aromatic heterocycles. The molecule has 1 aromatic rings. The average molecular weight is 372 g/mol. The molecular weight excluding hydrogens is 344 g/mol. The van der Waals surface area contributed by atoms with E-state index in [-0.39, 0.29) is 17.9 Å². The molecule has 2 saturated heterocycles. The number of amides is 2. The van der Waals surface area contributed by atoms with Crippen molar-refractivity contribution < 1.29 is 14.3 Å². The van der Waals surface area contributed by atoms with Gasteiger partial charge in [0.2, 0.25) is 11.8 Å². The lowest BCUT2D eigenvalue weighted by molar-refractivity contribution is -0.142. The van der Waals surface area contributed by atoms with E-state index in [9.17, 15) is 9.59 Å². The third kappa shape index (κ3) is 2.98. The summed E-state index contributed by atoms with van der Waals surface area (Å²) in [5.41, 5.74) is 1.15.